The first-order chi connectivity index (χ1) is 10.4. The van der Waals surface area contributed by atoms with E-state index in [4.69, 9.17) is 27.9 Å². The summed E-state index contributed by atoms with van der Waals surface area (Å²) in [6.07, 6.45) is 0. The van der Waals surface area contributed by atoms with Gasteiger partial charge in [-0.05, 0) is 17.5 Å². The van der Waals surface area contributed by atoms with Crippen molar-refractivity contribution in [2.24, 2.45) is 0 Å². The molecule has 0 amide bonds. The molecule has 22 heavy (non-hydrogen) atoms. The number of fused-ring (bicyclic) bond motifs is 5. The Balaban J connectivity index is 1.97. The van der Waals surface area contributed by atoms with Crippen LogP contribution in [0.4, 0.5) is 0 Å². The number of ketones is 1. The molecule has 0 saturated heterocycles. The van der Waals surface area contributed by atoms with Gasteiger partial charge in [0.2, 0.25) is 5.06 Å². The number of alkyl halides is 2. The van der Waals surface area contributed by atoms with Crippen molar-refractivity contribution in [1.29, 1.82) is 0 Å². The lowest BCUT2D eigenvalue weighted by Gasteiger charge is -2.27. The van der Waals surface area contributed by atoms with E-state index in [1.165, 1.54) is 0 Å². The molecule has 2 aromatic carbocycles. The van der Waals surface area contributed by atoms with Crippen LogP contribution in [0.3, 0.4) is 0 Å². The molecule has 0 fully saturated rings. The van der Waals surface area contributed by atoms with Crippen LogP contribution in [0.2, 0.25) is 0 Å². The van der Waals surface area contributed by atoms with Gasteiger partial charge in [-0.1, -0.05) is 73.4 Å². The van der Waals surface area contributed by atoms with Gasteiger partial charge in [0.05, 0.1) is 0 Å². The van der Waals surface area contributed by atoms with E-state index >= 15 is 0 Å². The van der Waals surface area contributed by atoms with E-state index in [-0.39, 0.29) is 5.78 Å². The first kappa shape index (κ1) is 14.1. The largest absolute Gasteiger partial charge is 0.465 e. The molecule has 4 heteroatoms. The van der Waals surface area contributed by atoms with Crippen molar-refractivity contribution in [3.63, 3.8) is 0 Å². The van der Waals surface area contributed by atoms with Gasteiger partial charge in [0.1, 0.15) is 5.75 Å². The van der Waals surface area contributed by atoms with Crippen LogP contribution < -0.4 is 4.74 Å². The van der Waals surface area contributed by atoms with Crippen molar-refractivity contribution in [2.75, 3.05) is 0 Å². The monoisotopic (exact) mass is 332 g/mol. The molecule has 1 aliphatic carbocycles. The Morgan fingerprint density at radius 3 is 2.50 bits per heavy atom. The molecule has 0 bridgehead atoms. The first-order valence-electron chi connectivity index (χ1n) is 7.25. The minimum atomic E-state index is -1.40. The van der Waals surface area contributed by atoms with E-state index in [2.05, 4.69) is 13.8 Å². The average molecular weight is 333 g/mol. The lowest BCUT2D eigenvalue weighted by molar-refractivity contribution is 0.0851. The zero-order valence-corrected chi connectivity index (χ0v) is 13.7. The predicted octanol–water partition coefficient (Wildman–Crippen LogP) is 4.92. The van der Waals surface area contributed by atoms with Crippen LogP contribution in [-0.2, 0) is 9.93 Å². The Labute approximate surface area is 139 Å². The lowest BCUT2D eigenvalue weighted by atomic mass is 9.91. The molecule has 4 rings (SSSR count). The smallest absolute Gasteiger partial charge is 0.239 e. The number of carbonyl (C=O) groups is 1. The molecule has 0 spiro atoms. The summed E-state index contributed by atoms with van der Waals surface area (Å²) < 4.78 is 6.02. The number of halogens is 2. The molecule has 0 radical (unpaired) electrons. The molecule has 2 nitrogen and oxygen atoms in total. The predicted molar refractivity (Wildman–Crippen MR) is 87.0 cm³/mol. The van der Waals surface area contributed by atoms with Crippen LogP contribution in [0.1, 0.15) is 46.8 Å². The number of benzene rings is 2. The van der Waals surface area contributed by atoms with Crippen LogP contribution in [0.5, 0.6) is 5.75 Å². The highest BCUT2D eigenvalue weighted by Crippen LogP contribution is 2.64. The van der Waals surface area contributed by atoms with E-state index in [0.717, 1.165) is 5.56 Å². The van der Waals surface area contributed by atoms with Gasteiger partial charge in [0, 0.05) is 16.7 Å². The highest BCUT2D eigenvalue weighted by atomic mass is 35.5. The van der Waals surface area contributed by atoms with Gasteiger partial charge in [-0.3, -0.25) is 4.79 Å². The van der Waals surface area contributed by atoms with Crippen LogP contribution in [-0.4, -0.2) is 5.78 Å². The van der Waals surface area contributed by atoms with Crippen molar-refractivity contribution in [3.05, 3.63) is 64.7 Å². The molecule has 1 heterocycles. The molecular formula is C18H14Cl2O2. The molecule has 0 unspecified atom stereocenters. The Morgan fingerprint density at radius 2 is 1.77 bits per heavy atom. The minimum Gasteiger partial charge on any atom is -0.465 e. The Hall–Kier alpha value is -1.51. The zero-order chi connectivity index (χ0) is 15.7. The summed E-state index contributed by atoms with van der Waals surface area (Å²) >= 11 is 13.5. The van der Waals surface area contributed by atoms with Gasteiger partial charge in [-0.25, -0.2) is 0 Å². The Kier molecular flexibility index (Phi) is 2.74. The zero-order valence-electron chi connectivity index (χ0n) is 12.2. The van der Waals surface area contributed by atoms with E-state index in [1.807, 2.05) is 24.3 Å². The van der Waals surface area contributed by atoms with E-state index < -0.39 is 9.93 Å². The summed E-state index contributed by atoms with van der Waals surface area (Å²) in [5, 5.41) is -1.37. The fraction of sp³-hybridized carbons (Fsp3) is 0.278. The van der Waals surface area contributed by atoms with Crippen molar-refractivity contribution in [1.82, 2.24) is 0 Å². The molecule has 2 atom stereocenters. The summed E-state index contributed by atoms with van der Waals surface area (Å²) in [5.74, 6) is 0.754. The van der Waals surface area contributed by atoms with Crippen molar-refractivity contribution in [3.8, 4) is 5.75 Å². The summed E-state index contributed by atoms with van der Waals surface area (Å²) in [7, 11) is 0. The number of hydrogen-bond acceptors (Lipinski definition) is 2. The number of ether oxygens (including phenoxy) is 1. The van der Waals surface area contributed by atoms with Crippen LogP contribution >= 0.6 is 23.2 Å². The minimum absolute atomic E-state index is 0.198. The van der Waals surface area contributed by atoms with Crippen LogP contribution in [0.15, 0.2) is 42.5 Å². The second-order valence-electron chi connectivity index (χ2n) is 6.14. The number of hydrogen-bond donors (Lipinski definition) is 0. The first-order valence-corrected chi connectivity index (χ1v) is 8.01. The fourth-order valence-electron chi connectivity index (χ4n) is 3.32. The Bertz CT molecular complexity index is 814. The quantitative estimate of drug-likeness (QED) is 0.692. The molecule has 112 valence electrons. The SMILES string of the molecule is CC(C)c1ccc2c(c1)O[C@@]1(Cl)c3ccccc3C(=O)[C@@]21Cl. The second kappa shape index (κ2) is 4.27. The summed E-state index contributed by atoms with van der Waals surface area (Å²) in [6.45, 7) is 4.20. The molecule has 2 aromatic rings. The van der Waals surface area contributed by atoms with Gasteiger partial charge in [0.15, 0.2) is 10.7 Å². The number of Topliss-reactive ketones (excluding diaryl/α,β-unsaturated/α-hetero) is 1. The van der Waals surface area contributed by atoms with Gasteiger partial charge < -0.3 is 4.74 Å². The van der Waals surface area contributed by atoms with Crippen molar-refractivity contribution in [2.45, 2.75) is 29.7 Å². The van der Waals surface area contributed by atoms with Crippen LogP contribution in [0.25, 0.3) is 0 Å². The lowest BCUT2D eigenvalue weighted by Crippen LogP contribution is -2.39. The third-order valence-corrected chi connectivity index (χ3v) is 5.87. The molecule has 0 N–H and O–H groups in total. The molecule has 1 aliphatic heterocycles. The third-order valence-electron chi connectivity index (χ3n) is 4.57. The second-order valence-corrected chi connectivity index (χ2v) is 7.24. The standard InChI is InChI=1S/C18H14Cl2O2/c1-10(2)11-7-8-14-15(9-11)22-18(20)13-6-4-3-5-12(13)16(21)17(14,18)19/h3-10H,1-2H3/t17-,18-/m0/s1. The van der Waals surface area contributed by atoms with Gasteiger partial charge >= 0.3 is 0 Å². The van der Waals surface area contributed by atoms with Gasteiger partial charge in [-0.2, -0.15) is 0 Å². The molecule has 2 aliphatic rings. The average Bonchev–Trinajstić information content (AvgIpc) is 2.84. The molecule has 0 aromatic heterocycles. The van der Waals surface area contributed by atoms with Crippen molar-refractivity contribution >= 4 is 29.0 Å². The van der Waals surface area contributed by atoms with E-state index in [1.54, 1.807) is 18.2 Å². The highest BCUT2D eigenvalue weighted by Gasteiger charge is 2.69. The number of rotatable bonds is 1. The summed E-state index contributed by atoms with van der Waals surface area (Å²) in [4.78, 5) is 11.5. The van der Waals surface area contributed by atoms with Gasteiger partial charge in [-0.15, -0.1) is 0 Å². The maximum Gasteiger partial charge on any atom is 0.239 e. The maximum atomic E-state index is 12.9. The third kappa shape index (κ3) is 1.45. The highest BCUT2D eigenvalue weighted by molar-refractivity contribution is 6.47. The van der Waals surface area contributed by atoms with Gasteiger partial charge in [0.25, 0.3) is 0 Å². The molecule has 0 saturated carbocycles. The van der Waals surface area contributed by atoms with Crippen molar-refractivity contribution < 1.29 is 9.53 Å². The number of carbonyl (C=O) groups excluding carboxylic acids is 1. The maximum absolute atomic E-state index is 12.9. The topological polar surface area (TPSA) is 26.3 Å². The summed E-state index contributed by atoms with van der Waals surface area (Å²) in [6, 6.07) is 13.0. The molecular weight excluding hydrogens is 319 g/mol. The van der Waals surface area contributed by atoms with Crippen LogP contribution in [0, 0.1) is 0 Å². The van der Waals surface area contributed by atoms with E-state index in [9.17, 15) is 4.79 Å². The fourth-order valence-corrected chi connectivity index (χ4v) is 4.15. The van der Waals surface area contributed by atoms with E-state index in [0.29, 0.717) is 28.4 Å². The summed E-state index contributed by atoms with van der Waals surface area (Å²) in [5.41, 5.74) is 2.94. The normalized spacial score (nSPS) is 28.3. The Morgan fingerprint density at radius 1 is 1.05 bits per heavy atom.